The Balaban J connectivity index is 2.13. The van der Waals surface area contributed by atoms with Gasteiger partial charge in [-0.1, -0.05) is 11.6 Å². The third-order valence-electron chi connectivity index (χ3n) is 3.72. The van der Waals surface area contributed by atoms with Crippen LogP contribution >= 0.6 is 11.6 Å². The van der Waals surface area contributed by atoms with Gasteiger partial charge in [-0.15, -0.1) is 0 Å². The summed E-state index contributed by atoms with van der Waals surface area (Å²) >= 11 is 6.13. The number of carbonyl (C=O) groups is 2. The van der Waals surface area contributed by atoms with Crippen LogP contribution in [0.15, 0.2) is 36.7 Å². The molecule has 2 rings (SSSR count). The molecular weight excluding hydrogens is 340 g/mol. The number of nitrogens with zero attached hydrogens (tertiary/aromatic N) is 3. The number of rotatable bonds is 5. The topological polar surface area (TPSA) is 67.2 Å². The van der Waals surface area contributed by atoms with E-state index in [2.05, 4.69) is 10.4 Å². The number of carbonyl (C=O) groups excluding carboxylic acids is 2. The van der Waals surface area contributed by atoms with E-state index in [4.69, 9.17) is 11.6 Å². The van der Waals surface area contributed by atoms with Crippen molar-refractivity contribution in [3.8, 4) is 0 Å². The van der Waals surface area contributed by atoms with E-state index in [1.54, 1.807) is 60.3 Å². The van der Waals surface area contributed by atoms with Crippen molar-refractivity contribution in [1.29, 1.82) is 0 Å². The number of anilines is 1. The van der Waals surface area contributed by atoms with E-state index in [1.807, 2.05) is 13.8 Å². The molecule has 2 amide bonds. The minimum atomic E-state index is -0.340. The van der Waals surface area contributed by atoms with Crippen molar-refractivity contribution in [1.82, 2.24) is 14.7 Å². The van der Waals surface area contributed by atoms with E-state index in [0.717, 1.165) is 5.56 Å². The zero-order valence-corrected chi connectivity index (χ0v) is 15.4. The Morgan fingerprint density at radius 3 is 2.68 bits per heavy atom. The Morgan fingerprint density at radius 1 is 1.36 bits per heavy atom. The van der Waals surface area contributed by atoms with Crippen LogP contribution in [-0.4, -0.2) is 39.6 Å². The van der Waals surface area contributed by atoms with Gasteiger partial charge >= 0.3 is 0 Å². The summed E-state index contributed by atoms with van der Waals surface area (Å²) in [6, 6.07) is 4.90. The molecule has 0 radical (unpaired) electrons. The number of aryl methyl sites for hydroxylation is 1. The zero-order valence-electron chi connectivity index (χ0n) is 14.7. The summed E-state index contributed by atoms with van der Waals surface area (Å²) in [4.78, 5) is 26.1. The summed E-state index contributed by atoms with van der Waals surface area (Å²) in [5, 5.41) is 7.09. The number of benzene rings is 1. The van der Waals surface area contributed by atoms with Gasteiger partial charge < -0.3 is 10.2 Å². The lowest BCUT2D eigenvalue weighted by atomic mass is 10.1. The van der Waals surface area contributed by atoms with Crippen LogP contribution in [0.5, 0.6) is 0 Å². The quantitative estimate of drug-likeness (QED) is 0.832. The second-order valence-corrected chi connectivity index (χ2v) is 6.38. The summed E-state index contributed by atoms with van der Waals surface area (Å²) in [6.07, 6.45) is 6.48. The highest BCUT2D eigenvalue weighted by molar-refractivity contribution is 6.34. The molecule has 0 saturated carbocycles. The first kappa shape index (κ1) is 18.7. The van der Waals surface area contributed by atoms with Crippen molar-refractivity contribution >= 4 is 35.2 Å². The van der Waals surface area contributed by atoms with Crippen LogP contribution in [0, 0.1) is 0 Å². The first-order chi connectivity index (χ1) is 11.8. The molecule has 0 aliphatic rings. The van der Waals surface area contributed by atoms with Crippen molar-refractivity contribution in [2.24, 2.45) is 7.05 Å². The monoisotopic (exact) mass is 360 g/mol. The molecule has 1 aromatic carbocycles. The number of nitrogens with one attached hydrogen (secondary N) is 1. The van der Waals surface area contributed by atoms with Crippen molar-refractivity contribution in [2.75, 3.05) is 12.4 Å². The van der Waals surface area contributed by atoms with Crippen LogP contribution in [-0.2, 0) is 11.8 Å². The van der Waals surface area contributed by atoms with Gasteiger partial charge in [0.05, 0.1) is 16.9 Å². The minimum Gasteiger partial charge on any atom is -0.339 e. The van der Waals surface area contributed by atoms with Gasteiger partial charge in [0.1, 0.15) is 0 Å². The molecule has 132 valence electrons. The summed E-state index contributed by atoms with van der Waals surface area (Å²) in [5.74, 6) is -0.472. The fraction of sp³-hybridized carbons (Fsp3) is 0.278. The Morgan fingerprint density at radius 2 is 2.08 bits per heavy atom. The summed E-state index contributed by atoms with van der Waals surface area (Å²) in [7, 11) is 3.53. The standard InChI is InChI=1S/C18H21ClN4O2/c1-12(2)23(4)18(25)14-6-7-15(19)16(9-14)21-17(24)8-5-13-10-20-22(3)11-13/h5-12H,1-4H3,(H,21,24). The van der Waals surface area contributed by atoms with E-state index >= 15 is 0 Å². The van der Waals surface area contributed by atoms with Gasteiger partial charge in [0.25, 0.3) is 5.91 Å². The fourth-order valence-electron chi connectivity index (χ4n) is 2.06. The molecule has 6 nitrogen and oxygen atoms in total. The number of halogens is 1. The van der Waals surface area contributed by atoms with Crippen LogP contribution in [0.1, 0.15) is 29.8 Å². The van der Waals surface area contributed by atoms with Crippen LogP contribution in [0.2, 0.25) is 5.02 Å². The summed E-state index contributed by atoms with van der Waals surface area (Å²) < 4.78 is 1.65. The number of hydrogen-bond acceptors (Lipinski definition) is 3. The molecule has 25 heavy (non-hydrogen) atoms. The highest BCUT2D eigenvalue weighted by atomic mass is 35.5. The highest BCUT2D eigenvalue weighted by Gasteiger charge is 2.16. The molecule has 0 saturated heterocycles. The molecule has 1 N–H and O–H groups in total. The Bertz CT molecular complexity index is 811. The molecule has 2 aromatic rings. The normalized spacial score (nSPS) is 11.1. The smallest absolute Gasteiger partial charge is 0.253 e. The number of aromatic nitrogens is 2. The first-order valence-electron chi connectivity index (χ1n) is 7.82. The van der Waals surface area contributed by atoms with Gasteiger partial charge in [0.15, 0.2) is 0 Å². The van der Waals surface area contributed by atoms with Gasteiger partial charge in [0, 0.05) is 43.5 Å². The molecule has 0 spiro atoms. The predicted octanol–water partition coefficient (Wildman–Crippen LogP) is 3.21. The molecule has 0 fully saturated rings. The lowest BCUT2D eigenvalue weighted by molar-refractivity contribution is -0.111. The zero-order chi connectivity index (χ0) is 18.6. The third-order valence-corrected chi connectivity index (χ3v) is 4.05. The van der Waals surface area contributed by atoms with E-state index < -0.39 is 0 Å². The van der Waals surface area contributed by atoms with Crippen LogP contribution in [0.4, 0.5) is 5.69 Å². The number of hydrogen-bond donors (Lipinski definition) is 1. The maximum Gasteiger partial charge on any atom is 0.253 e. The average molecular weight is 361 g/mol. The highest BCUT2D eigenvalue weighted by Crippen LogP contribution is 2.24. The Kier molecular flexibility index (Phi) is 5.98. The van der Waals surface area contributed by atoms with Crippen LogP contribution in [0.3, 0.4) is 0 Å². The molecule has 0 atom stereocenters. The molecule has 0 aliphatic carbocycles. The molecule has 1 aromatic heterocycles. The molecule has 0 unspecified atom stereocenters. The van der Waals surface area contributed by atoms with Crippen molar-refractivity contribution in [3.05, 3.63) is 52.8 Å². The Labute approximate surface area is 152 Å². The van der Waals surface area contributed by atoms with Gasteiger partial charge in [-0.05, 0) is 38.1 Å². The maximum absolute atomic E-state index is 12.4. The largest absolute Gasteiger partial charge is 0.339 e. The van der Waals surface area contributed by atoms with Crippen LogP contribution in [0.25, 0.3) is 6.08 Å². The maximum atomic E-state index is 12.4. The van der Waals surface area contributed by atoms with E-state index in [9.17, 15) is 9.59 Å². The lowest BCUT2D eigenvalue weighted by Gasteiger charge is -2.21. The van der Waals surface area contributed by atoms with E-state index in [0.29, 0.717) is 16.3 Å². The predicted molar refractivity (Wildman–Crippen MR) is 99.6 cm³/mol. The third kappa shape index (κ3) is 4.93. The van der Waals surface area contributed by atoms with Crippen molar-refractivity contribution < 1.29 is 9.59 Å². The molecule has 7 heteroatoms. The van der Waals surface area contributed by atoms with Crippen molar-refractivity contribution in [3.63, 3.8) is 0 Å². The van der Waals surface area contributed by atoms with Gasteiger partial charge in [-0.25, -0.2) is 0 Å². The average Bonchev–Trinajstić information content (AvgIpc) is 2.99. The molecule has 1 heterocycles. The minimum absolute atomic E-state index is 0.0728. The van der Waals surface area contributed by atoms with Gasteiger partial charge in [-0.2, -0.15) is 5.10 Å². The van der Waals surface area contributed by atoms with Gasteiger partial charge in [-0.3, -0.25) is 14.3 Å². The fourth-order valence-corrected chi connectivity index (χ4v) is 2.23. The van der Waals surface area contributed by atoms with Crippen LogP contribution < -0.4 is 5.32 Å². The second-order valence-electron chi connectivity index (χ2n) is 5.97. The Hall–Kier alpha value is -2.60. The molecule has 0 bridgehead atoms. The van der Waals surface area contributed by atoms with Gasteiger partial charge in [0.2, 0.25) is 5.91 Å². The molecule has 0 aliphatic heterocycles. The van der Waals surface area contributed by atoms with Crippen molar-refractivity contribution in [2.45, 2.75) is 19.9 Å². The second kappa shape index (κ2) is 7.98. The number of amides is 2. The van der Waals surface area contributed by atoms with E-state index in [1.165, 1.54) is 6.08 Å². The summed E-state index contributed by atoms with van der Waals surface area (Å²) in [5.41, 5.74) is 1.67. The summed E-state index contributed by atoms with van der Waals surface area (Å²) in [6.45, 7) is 3.86. The SMILES string of the molecule is CC(C)N(C)C(=O)c1ccc(Cl)c(NC(=O)C=Cc2cnn(C)c2)c1. The lowest BCUT2D eigenvalue weighted by Crippen LogP contribution is -2.33. The first-order valence-corrected chi connectivity index (χ1v) is 8.20. The molecular formula is C18H21ClN4O2. The van der Waals surface area contributed by atoms with E-state index in [-0.39, 0.29) is 17.9 Å².